The molecule has 1 aromatic heterocycles. The summed E-state index contributed by atoms with van der Waals surface area (Å²) in [6.45, 7) is 2.93. The van der Waals surface area contributed by atoms with E-state index in [-0.39, 0.29) is 23.7 Å². The molecule has 6 heteroatoms. The van der Waals surface area contributed by atoms with Gasteiger partial charge in [-0.3, -0.25) is 9.36 Å². The van der Waals surface area contributed by atoms with E-state index in [1.54, 1.807) is 0 Å². The number of aromatic nitrogens is 2. The number of benzene rings is 2. The van der Waals surface area contributed by atoms with Gasteiger partial charge in [0.1, 0.15) is 0 Å². The Labute approximate surface area is 169 Å². The highest BCUT2D eigenvalue weighted by Crippen LogP contribution is 2.25. The van der Waals surface area contributed by atoms with Crippen molar-refractivity contribution >= 4 is 16.9 Å². The largest absolute Gasteiger partial charge is 0.349 e. The molecule has 1 unspecified atom stereocenters. The maximum atomic E-state index is 12.4. The summed E-state index contributed by atoms with van der Waals surface area (Å²) in [5.41, 5.74) is 3.87. The number of aromatic amines is 1. The van der Waals surface area contributed by atoms with Crippen LogP contribution in [-0.2, 0) is 6.42 Å². The van der Waals surface area contributed by atoms with E-state index in [0.717, 1.165) is 67.5 Å². The van der Waals surface area contributed by atoms with Crippen LogP contribution in [-0.4, -0.2) is 46.0 Å². The number of nitrogens with zero attached hydrogens (tertiary/aromatic N) is 2. The number of likely N-dealkylation sites (tertiary alicyclic amines) is 1. The molecule has 0 radical (unpaired) electrons. The molecule has 6 nitrogen and oxygen atoms in total. The van der Waals surface area contributed by atoms with Gasteiger partial charge in [0, 0.05) is 37.3 Å². The highest BCUT2D eigenvalue weighted by atomic mass is 16.2. The molecule has 5 rings (SSSR count). The van der Waals surface area contributed by atoms with Crippen LogP contribution in [0.3, 0.4) is 0 Å². The van der Waals surface area contributed by atoms with E-state index in [1.807, 2.05) is 47.0 Å². The first-order valence-corrected chi connectivity index (χ1v) is 10.5. The first kappa shape index (κ1) is 18.2. The van der Waals surface area contributed by atoms with E-state index in [0.29, 0.717) is 0 Å². The van der Waals surface area contributed by atoms with Gasteiger partial charge < -0.3 is 15.2 Å². The van der Waals surface area contributed by atoms with Crippen molar-refractivity contribution in [1.82, 2.24) is 19.8 Å². The number of para-hydroxylation sites is 2. The van der Waals surface area contributed by atoms with Gasteiger partial charge in [0.15, 0.2) is 0 Å². The average Bonchev–Trinajstić information content (AvgIpc) is 3.08. The standard InChI is InChI=1S/C23H26N4O2/c28-22-19-6-2-1-5-16(19)15-17(24-22)9-12-26-13-10-18(11-14-26)27-21-8-4-3-7-20(21)25-23(27)29/h1-8,17-18H,9-15H2,(H,24,28)(H,25,29). The molecule has 29 heavy (non-hydrogen) atoms. The summed E-state index contributed by atoms with van der Waals surface area (Å²) in [6, 6.07) is 16.2. The number of carbonyl (C=O) groups is 1. The molecular weight excluding hydrogens is 364 g/mol. The van der Waals surface area contributed by atoms with E-state index in [9.17, 15) is 9.59 Å². The molecule has 1 atom stereocenters. The average molecular weight is 390 g/mol. The van der Waals surface area contributed by atoms with E-state index in [4.69, 9.17) is 0 Å². The van der Waals surface area contributed by atoms with Crippen molar-refractivity contribution in [3.05, 3.63) is 70.1 Å². The minimum absolute atomic E-state index is 0.00627. The molecule has 3 heterocycles. The smallest absolute Gasteiger partial charge is 0.326 e. The predicted molar refractivity (Wildman–Crippen MR) is 113 cm³/mol. The number of carbonyl (C=O) groups excluding carboxylic acids is 1. The molecule has 1 amide bonds. The maximum Gasteiger partial charge on any atom is 0.326 e. The Morgan fingerprint density at radius 1 is 0.966 bits per heavy atom. The van der Waals surface area contributed by atoms with Crippen molar-refractivity contribution < 1.29 is 4.79 Å². The molecule has 2 aliphatic heterocycles. The van der Waals surface area contributed by atoms with Gasteiger partial charge in [-0.2, -0.15) is 0 Å². The number of piperidine rings is 1. The lowest BCUT2D eigenvalue weighted by Crippen LogP contribution is -2.44. The number of H-pyrrole nitrogens is 1. The SMILES string of the molecule is O=C1NC(CCN2CCC(n3c(=O)[nH]c4ccccc43)CC2)Cc2ccccc21. The van der Waals surface area contributed by atoms with Crippen LogP contribution in [0.15, 0.2) is 53.3 Å². The summed E-state index contributed by atoms with van der Waals surface area (Å²) in [4.78, 5) is 30.2. The zero-order chi connectivity index (χ0) is 19.8. The zero-order valence-electron chi connectivity index (χ0n) is 16.4. The number of hydrogen-bond donors (Lipinski definition) is 2. The van der Waals surface area contributed by atoms with Gasteiger partial charge in [-0.1, -0.05) is 30.3 Å². The van der Waals surface area contributed by atoms with E-state index < -0.39 is 0 Å². The third kappa shape index (κ3) is 3.49. The summed E-state index contributed by atoms with van der Waals surface area (Å²) >= 11 is 0. The van der Waals surface area contributed by atoms with E-state index in [2.05, 4.69) is 21.3 Å². The number of hydrogen-bond acceptors (Lipinski definition) is 3. The van der Waals surface area contributed by atoms with Gasteiger partial charge in [-0.15, -0.1) is 0 Å². The number of imidazole rings is 1. The summed E-state index contributed by atoms with van der Waals surface area (Å²) in [7, 11) is 0. The minimum atomic E-state index is -0.00627. The second kappa shape index (κ2) is 7.52. The lowest BCUT2D eigenvalue weighted by Gasteiger charge is -2.34. The van der Waals surface area contributed by atoms with Crippen LogP contribution in [0.5, 0.6) is 0 Å². The lowest BCUT2D eigenvalue weighted by molar-refractivity contribution is 0.0916. The second-order valence-electron chi connectivity index (χ2n) is 8.21. The molecule has 0 bridgehead atoms. The highest BCUT2D eigenvalue weighted by Gasteiger charge is 2.26. The normalized spacial score (nSPS) is 20.6. The lowest BCUT2D eigenvalue weighted by atomic mass is 9.93. The van der Waals surface area contributed by atoms with Gasteiger partial charge in [0.25, 0.3) is 5.91 Å². The van der Waals surface area contributed by atoms with E-state index in [1.165, 1.54) is 0 Å². The van der Waals surface area contributed by atoms with Gasteiger partial charge in [0.2, 0.25) is 0 Å². The quantitative estimate of drug-likeness (QED) is 0.720. The Morgan fingerprint density at radius 3 is 2.59 bits per heavy atom. The summed E-state index contributed by atoms with van der Waals surface area (Å²) in [5, 5.41) is 3.16. The Balaban J connectivity index is 1.18. The van der Waals surface area contributed by atoms with Crippen molar-refractivity contribution in [2.75, 3.05) is 19.6 Å². The molecule has 1 saturated heterocycles. The molecule has 2 aromatic carbocycles. The number of rotatable bonds is 4. The molecule has 0 saturated carbocycles. The Hall–Kier alpha value is -2.86. The third-order valence-corrected chi connectivity index (χ3v) is 6.40. The fraction of sp³-hybridized carbons (Fsp3) is 0.391. The Bertz CT molecular complexity index is 1090. The summed E-state index contributed by atoms with van der Waals surface area (Å²) in [6.07, 6.45) is 3.81. The van der Waals surface area contributed by atoms with Crippen LogP contribution in [0.1, 0.15) is 41.2 Å². The van der Waals surface area contributed by atoms with Crippen molar-refractivity contribution in [2.24, 2.45) is 0 Å². The summed E-state index contributed by atoms with van der Waals surface area (Å²) in [5.74, 6) is 0.0502. The van der Waals surface area contributed by atoms with Crippen molar-refractivity contribution in [2.45, 2.75) is 37.8 Å². The highest BCUT2D eigenvalue weighted by molar-refractivity contribution is 5.96. The Kier molecular flexibility index (Phi) is 4.72. The molecule has 150 valence electrons. The first-order chi connectivity index (χ1) is 14.2. The third-order valence-electron chi connectivity index (χ3n) is 6.40. The van der Waals surface area contributed by atoms with Crippen LogP contribution >= 0.6 is 0 Å². The van der Waals surface area contributed by atoms with Gasteiger partial charge in [-0.05, 0) is 49.4 Å². The molecule has 2 aliphatic rings. The van der Waals surface area contributed by atoms with Gasteiger partial charge in [0.05, 0.1) is 11.0 Å². The van der Waals surface area contributed by atoms with Crippen LogP contribution < -0.4 is 11.0 Å². The fourth-order valence-corrected chi connectivity index (χ4v) is 4.85. The van der Waals surface area contributed by atoms with Crippen molar-refractivity contribution in [3.8, 4) is 0 Å². The molecule has 2 N–H and O–H groups in total. The van der Waals surface area contributed by atoms with Gasteiger partial charge in [-0.25, -0.2) is 4.79 Å². The van der Waals surface area contributed by atoms with Crippen molar-refractivity contribution in [1.29, 1.82) is 0 Å². The second-order valence-corrected chi connectivity index (χ2v) is 8.21. The molecule has 3 aromatic rings. The van der Waals surface area contributed by atoms with Crippen LogP contribution in [0, 0.1) is 0 Å². The molecule has 1 fully saturated rings. The first-order valence-electron chi connectivity index (χ1n) is 10.5. The molecule has 0 aliphatic carbocycles. The van der Waals surface area contributed by atoms with Crippen LogP contribution in [0.4, 0.5) is 0 Å². The Morgan fingerprint density at radius 2 is 1.72 bits per heavy atom. The predicted octanol–water partition coefficient (Wildman–Crippen LogP) is 2.71. The van der Waals surface area contributed by atoms with Crippen molar-refractivity contribution in [3.63, 3.8) is 0 Å². The maximum absolute atomic E-state index is 12.4. The number of fused-ring (bicyclic) bond motifs is 2. The van der Waals surface area contributed by atoms with E-state index >= 15 is 0 Å². The number of nitrogens with one attached hydrogen (secondary N) is 2. The zero-order valence-corrected chi connectivity index (χ0v) is 16.4. The monoisotopic (exact) mass is 390 g/mol. The molecule has 0 spiro atoms. The number of amides is 1. The van der Waals surface area contributed by atoms with Gasteiger partial charge >= 0.3 is 5.69 Å². The fourth-order valence-electron chi connectivity index (χ4n) is 4.85. The molecular formula is C23H26N4O2. The van der Waals surface area contributed by atoms with Crippen LogP contribution in [0.2, 0.25) is 0 Å². The van der Waals surface area contributed by atoms with Crippen LogP contribution in [0.25, 0.3) is 11.0 Å². The minimum Gasteiger partial charge on any atom is -0.349 e. The topological polar surface area (TPSA) is 70.1 Å². The summed E-state index contributed by atoms with van der Waals surface area (Å²) < 4.78 is 1.94.